The first-order chi connectivity index (χ1) is 13.4. The summed E-state index contributed by atoms with van der Waals surface area (Å²) in [7, 11) is -1.10. The fraction of sp³-hybridized carbons (Fsp3) is 0.111. The molecule has 0 fully saturated rings. The number of carbonyl (C=O) groups excluding carboxylic acids is 1. The highest BCUT2D eigenvalue weighted by atomic mass is 32.2. The van der Waals surface area contributed by atoms with Gasteiger partial charge in [0.2, 0.25) is 0 Å². The molecule has 1 N–H and O–H groups in total. The number of nitrogens with one attached hydrogen (secondary N) is 1. The molecule has 0 unspecified atom stereocenters. The highest BCUT2D eigenvalue weighted by Crippen LogP contribution is 2.31. The van der Waals surface area contributed by atoms with Gasteiger partial charge in [-0.15, -0.1) is 0 Å². The van der Waals surface area contributed by atoms with E-state index in [0.717, 1.165) is 0 Å². The Morgan fingerprint density at radius 2 is 1.82 bits per heavy atom. The number of non-ortho nitro benzene ring substituents is 1. The van der Waals surface area contributed by atoms with Crippen LogP contribution in [0, 0.1) is 15.9 Å². The largest absolute Gasteiger partial charge is 0.306 e. The third-order valence-electron chi connectivity index (χ3n) is 4.31. The zero-order valence-corrected chi connectivity index (χ0v) is 15.1. The molecule has 28 heavy (non-hydrogen) atoms. The summed E-state index contributed by atoms with van der Waals surface area (Å²) in [5, 5.41) is 17.9. The third kappa shape index (κ3) is 3.29. The minimum atomic E-state index is -1.10. The quantitative estimate of drug-likeness (QED) is 0.535. The lowest BCUT2D eigenvalue weighted by atomic mass is 10.2. The van der Waals surface area contributed by atoms with Gasteiger partial charge >= 0.3 is 0 Å². The first kappa shape index (κ1) is 18.0. The van der Waals surface area contributed by atoms with Crippen LogP contribution < -0.4 is 5.32 Å². The molecule has 142 valence electrons. The van der Waals surface area contributed by atoms with Gasteiger partial charge in [0.1, 0.15) is 11.6 Å². The highest BCUT2D eigenvalue weighted by molar-refractivity contribution is 7.83. The van der Waals surface area contributed by atoms with E-state index in [4.69, 9.17) is 0 Å². The number of hydrogen-bond acceptors (Lipinski definition) is 5. The number of hydrogen-bond donors (Lipinski definition) is 1. The molecule has 1 amide bonds. The number of amides is 1. The second-order valence-electron chi connectivity index (χ2n) is 6.15. The summed E-state index contributed by atoms with van der Waals surface area (Å²) < 4.78 is 26.6. The molecule has 3 aromatic rings. The van der Waals surface area contributed by atoms with Gasteiger partial charge in [0.15, 0.2) is 0 Å². The fourth-order valence-electron chi connectivity index (χ4n) is 2.94. The van der Waals surface area contributed by atoms with Crippen molar-refractivity contribution in [3.8, 4) is 5.69 Å². The topological polar surface area (TPSA) is 107 Å². The molecule has 0 bridgehead atoms. The van der Waals surface area contributed by atoms with E-state index in [9.17, 15) is 23.5 Å². The van der Waals surface area contributed by atoms with Gasteiger partial charge in [0, 0.05) is 34.1 Å². The van der Waals surface area contributed by atoms with E-state index in [1.807, 2.05) is 0 Å². The predicted octanol–water partition coefficient (Wildman–Crippen LogP) is 2.93. The second kappa shape index (κ2) is 6.97. The van der Waals surface area contributed by atoms with Crippen molar-refractivity contribution in [1.82, 2.24) is 9.78 Å². The van der Waals surface area contributed by atoms with Crippen molar-refractivity contribution >= 4 is 28.2 Å². The van der Waals surface area contributed by atoms with Crippen molar-refractivity contribution < 1.29 is 18.3 Å². The summed E-state index contributed by atoms with van der Waals surface area (Å²) in [5.74, 6) is 0.00606. The number of aromatic nitrogens is 2. The Hall–Kier alpha value is -3.40. The summed E-state index contributed by atoms with van der Waals surface area (Å²) in [5.41, 5.74) is 1.93. The molecule has 1 atom stereocenters. The maximum Gasteiger partial charge on any atom is 0.269 e. The number of fused-ring (bicyclic) bond motifs is 1. The van der Waals surface area contributed by atoms with Crippen LogP contribution in [0.2, 0.25) is 0 Å². The molecule has 1 aromatic heterocycles. The van der Waals surface area contributed by atoms with Crippen LogP contribution in [-0.2, 0) is 22.3 Å². The number of benzene rings is 2. The number of rotatable bonds is 4. The molecule has 0 saturated heterocycles. The Morgan fingerprint density at radius 3 is 2.46 bits per heavy atom. The first-order valence-corrected chi connectivity index (χ1v) is 9.68. The highest BCUT2D eigenvalue weighted by Gasteiger charge is 2.28. The molecule has 1 aliphatic rings. The predicted molar refractivity (Wildman–Crippen MR) is 100 cm³/mol. The van der Waals surface area contributed by atoms with Crippen molar-refractivity contribution in [1.29, 1.82) is 0 Å². The van der Waals surface area contributed by atoms with Crippen molar-refractivity contribution in [2.24, 2.45) is 0 Å². The van der Waals surface area contributed by atoms with Crippen LogP contribution in [0.15, 0.2) is 48.5 Å². The Kier molecular flexibility index (Phi) is 4.47. The Balaban J connectivity index is 1.70. The SMILES string of the molecule is O=C(Nc1c2c(nn1-c1ccc(F)cc1)C[S@](=O)C2)c1ccc([N+](=O)[O-])cc1. The van der Waals surface area contributed by atoms with E-state index >= 15 is 0 Å². The summed E-state index contributed by atoms with van der Waals surface area (Å²) in [6.45, 7) is 0. The smallest absolute Gasteiger partial charge is 0.269 e. The minimum Gasteiger partial charge on any atom is -0.306 e. The Labute approximate surface area is 160 Å². The van der Waals surface area contributed by atoms with Crippen molar-refractivity contribution in [3.05, 3.63) is 81.3 Å². The molecule has 2 aromatic carbocycles. The third-order valence-corrected chi connectivity index (χ3v) is 5.52. The van der Waals surface area contributed by atoms with Crippen molar-refractivity contribution in [3.63, 3.8) is 0 Å². The van der Waals surface area contributed by atoms with Crippen LogP contribution in [-0.4, -0.2) is 24.8 Å². The van der Waals surface area contributed by atoms with Crippen LogP contribution in [0.5, 0.6) is 0 Å². The van der Waals surface area contributed by atoms with Gasteiger partial charge in [-0.25, -0.2) is 9.07 Å². The molecule has 0 saturated carbocycles. The van der Waals surface area contributed by atoms with E-state index in [2.05, 4.69) is 10.4 Å². The molecule has 4 rings (SSSR count). The van der Waals surface area contributed by atoms with Crippen molar-refractivity contribution in [2.45, 2.75) is 11.5 Å². The van der Waals surface area contributed by atoms with Gasteiger partial charge in [-0.3, -0.25) is 19.1 Å². The number of anilines is 1. The summed E-state index contributed by atoms with van der Waals surface area (Å²) >= 11 is 0. The van der Waals surface area contributed by atoms with Gasteiger partial charge in [0.05, 0.1) is 27.8 Å². The molecule has 8 nitrogen and oxygen atoms in total. The maximum atomic E-state index is 13.2. The lowest BCUT2D eigenvalue weighted by molar-refractivity contribution is -0.384. The zero-order valence-electron chi connectivity index (χ0n) is 14.3. The lowest BCUT2D eigenvalue weighted by Crippen LogP contribution is -2.16. The van der Waals surface area contributed by atoms with E-state index in [0.29, 0.717) is 22.8 Å². The number of nitro benzene ring substituents is 1. The van der Waals surface area contributed by atoms with Gasteiger partial charge in [-0.05, 0) is 36.4 Å². The average molecular weight is 400 g/mol. The molecule has 0 spiro atoms. The monoisotopic (exact) mass is 400 g/mol. The second-order valence-corrected chi connectivity index (χ2v) is 7.61. The number of nitro groups is 1. The summed E-state index contributed by atoms with van der Waals surface area (Å²) in [4.78, 5) is 22.9. The fourth-order valence-corrected chi connectivity index (χ4v) is 4.20. The van der Waals surface area contributed by atoms with E-state index in [1.165, 1.54) is 53.2 Å². The summed E-state index contributed by atoms with van der Waals surface area (Å²) in [6.07, 6.45) is 0. The van der Waals surface area contributed by atoms with Gasteiger partial charge in [-0.1, -0.05) is 0 Å². The normalized spacial score (nSPS) is 15.2. The Morgan fingerprint density at radius 1 is 1.14 bits per heavy atom. The molecular weight excluding hydrogens is 387 g/mol. The van der Waals surface area contributed by atoms with Crippen LogP contribution >= 0.6 is 0 Å². The lowest BCUT2D eigenvalue weighted by Gasteiger charge is -2.11. The van der Waals surface area contributed by atoms with Crippen LogP contribution in [0.1, 0.15) is 21.6 Å². The van der Waals surface area contributed by atoms with E-state index < -0.39 is 27.4 Å². The van der Waals surface area contributed by atoms with Gasteiger partial charge in [-0.2, -0.15) is 5.10 Å². The molecule has 1 aliphatic heterocycles. The van der Waals surface area contributed by atoms with Crippen LogP contribution in [0.3, 0.4) is 0 Å². The molecule has 2 heterocycles. The minimum absolute atomic E-state index is 0.121. The van der Waals surface area contributed by atoms with Crippen LogP contribution in [0.4, 0.5) is 15.9 Å². The standard InChI is InChI=1S/C18H13FN4O4S/c19-12-3-7-13(8-4-12)22-17(15-9-28(27)10-16(15)21-22)20-18(24)11-1-5-14(6-2-11)23(25)26/h1-8H,9-10H2,(H,20,24)/t28-/m1/s1. The van der Waals surface area contributed by atoms with Gasteiger partial charge in [0.25, 0.3) is 11.6 Å². The summed E-state index contributed by atoms with van der Waals surface area (Å²) in [6, 6.07) is 10.8. The van der Waals surface area contributed by atoms with Gasteiger partial charge < -0.3 is 5.32 Å². The molecule has 0 aliphatic carbocycles. The first-order valence-electron chi connectivity index (χ1n) is 8.20. The maximum absolute atomic E-state index is 13.2. The average Bonchev–Trinajstić information content (AvgIpc) is 3.19. The van der Waals surface area contributed by atoms with Crippen LogP contribution in [0.25, 0.3) is 5.69 Å². The number of carbonyl (C=O) groups is 1. The van der Waals surface area contributed by atoms with Crippen molar-refractivity contribution in [2.75, 3.05) is 5.32 Å². The number of nitrogens with zero attached hydrogens (tertiary/aromatic N) is 3. The molecular formula is C18H13FN4O4S. The van der Waals surface area contributed by atoms with E-state index in [1.54, 1.807) is 0 Å². The molecule has 0 radical (unpaired) electrons. The molecule has 10 heteroatoms. The zero-order chi connectivity index (χ0) is 19.8. The Bertz CT molecular complexity index is 1110. The van der Waals surface area contributed by atoms with E-state index in [-0.39, 0.29) is 22.8 Å². The number of halogens is 1.